The van der Waals surface area contributed by atoms with Gasteiger partial charge in [0.25, 0.3) is 0 Å². The van der Waals surface area contributed by atoms with Gasteiger partial charge in [0.05, 0.1) is 31.1 Å². The van der Waals surface area contributed by atoms with E-state index in [-0.39, 0.29) is 44.5 Å². The first-order valence-corrected chi connectivity index (χ1v) is 14.3. The normalized spacial score (nSPS) is 13.7. The first-order valence-electron chi connectivity index (χ1n) is 13.1. The maximum absolute atomic E-state index is 12.9. The van der Waals surface area contributed by atoms with Crippen molar-refractivity contribution in [3.63, 3.8) is 0 Å². The molecule has 1 saturated heterocycles. The molecule has 0 unspecified atom stereocenters. The zero-order valence-corrected chi connectivity index (χ0v) is 24.7. The Morgan fingerprint density at radius 3 is 2.40 bits per heavy atom. The lowest BCUT2D eigenvalue weighted by atomic mass is 10.1. The van der Waals surface area contributed by atoms with Gasteiger partial charge in [-0.05, 0) is 29.8 Å². The third-order valence-corrected chi connectivity index (χ3v) is 7.63. The summed E-state index contributed by atoms with van der Waals surface area (Å²) >= 11 is 8.11. The van der Waals surface area contributed by atoms with Crippen molar-refractivity contribution in [2.24, 2.45) is 0 Å². The number of anilines is 4. The van der Waals surface area contributed by atoms with Gasteiger partial charge in [0.1, 0.15) is 10.8 Å². The van der Waals surface area contributed by atoms with E-state index in [1.165, 1.54) is 18.2 Å². The van der Waals surface area contributed by atoms with E-state index in [2.05, 4.69) is 34.4 Å². The number of carbonyl (C=O) groups is 2. The molecule has 14 heteroatoms. The number of piperazine rings is 1. The summed E-state index contributed by atoms with van der Waals surface area (Å²) in [5.74, 6) is -1.03. The van der Waals surface area contributed by atoms with Crippen LogP contribution in [0.1, 0.15) is 19.4 Å². The molecular weight excluding hydrogens is 593 g/mol. The highest BCUT2D eigenvalue weighted by Crippen LogP contribution is 2.34. The molecule has 3 aromatic rings. The standard InChI is InChI=1S/C28H30ClF3N6O3S/c1-17(2)42-23-7-5-4-6-20(23)34-25-19(29)16-33-27(36-25)35-21-14-18(8-9-22(21)41-3)15-24(39)37-10-12-38(13-11-37)26(40)28(30,31)32/h4-9,14,16-17H,10-13,15H2,1-3H3,(H2,33,34,35,36). The van der Waals surface area contributed by atoms with Crippen LogP contribution in [0, 0.1) is 0 Å². The second-order valence-electron chi connectivity index (χ2n) is 9.69. The topological polar surface area (TPSA) is 99.7 Å². The number of carbonyl (C=O) groups excluding carboxylic acids is 2. The molecule has 0 atom stereocenters. The monoisotopic (exact) mass is 622 g/mol. The molecule has 2 heterocycles. The first-order chi connectivity index (χ1) is 19.9. The fourth-order valence-corrected chi connectivity index (χ4v) is 5.33. The molecule has 0 saturated carbocycles. The molecule has 0 radical (unpaired) electrons. The molecule has 2 N–H and O–H groups in total. The van der Waals surface area contributed by atoms with Crippen molar-refractivity contribution in [2.75, 3.05) is 43.9 Å². The molecule has 0 spiro atoms. The van der Waals surface area contributed by atoms with Gasteiger partial charge in [-0.1, -0.05) is 43.6 Å². The number of nitrogens with one attached hydrogen (secondary N) is 2. The number of thioether (sulfide) groups is 1. The molecular formula is C28H30ClF3N6O3S. The van der Waals surface area contributed by atoms with Crippen molar-refractivity contribution in [3.05, 3.63) is 59.2 Å². The van der Waals surface area contributed by atoms with Crippen LogP contribution in [0.15, 0.2) is 53.6 Å². The number of ether oxygens (including phenoxy) is 1. The van der Waals surface area contributed by atoms with E-state index in [1.54, 1.807) is 30.0 Å². The number of methoxy groups -OCH3 is 1. The number of nitrogens with zero attached hydrogens (tertiary/aromatic N) is 4. The summed E-state index contributed by atoms with van der Waals surface area (Å²) in [6.45, 7) is 3.91. The van der Waals surface area contributed by atoms with Crippen LogP contribution >= 0.6 is 23.4 Å². The SMILES string of the molecule is COc1ccc(CC(=O)N2CCN(C(=O)C(F)(F)F)CC2)cc1Nc1ncc(Cl)c(Nc2ccccc2SC(C)C)n1. The lowest BCUT2D eigenvalue weighted by Gasteiger charge is -2.35. The molecule has 4 rings (SSSR count). The summed E-state index contributed by atoms with van der Waals surface area (Å²) in [5, 5.41) is 7.11. The van der Waals surface area contributed by atoms with E-state index in [4.69, 9.17) is 16.3 Å². The average Bonchev–Trinajstić information content (AvgIpc) is 2.95. The molecule has 1 aromatic heterocycles. The van der Waals surface area contributed by atoms with Crippen LogP contribution in [-0.2, 0) is 16.0 Å². The third kappa shape index (κ3) is 7.97. The lowest BCUT2D eigenvalue weighted by Crippen LogP contribution is -2.53. The largest absolute Gasteiger partial charge is 0.495 e. The van der Waals surface area contributed by atoms with E-state index in [0.29, 0.717) is 33.1 Å². The van der Waals surface area contributed by atoms with Gasteiger partial charge in [-0.15, -0.1) is 11.8 Å². The number of hydrogen-bond donors (Lipinski definition) is 2. The number of hydrogen-bond acceptors (Lipinski definition) is 8. The minimum absolute atomic E-state index is 0.00444. The number of halogens is 4. The minimum atomic E-state index is -4.93. The van der Waals surface area contributed by atoms with Crippen LogP contribution in [0.4, 0.5) is 36.3 Å². The Balaban J connectivity index is 1.46. The maximum atomic E-state index is 12.9. The van der Waals surface area contributed by atoms with Crippen molar-refractivity contribution in [2.45, 2.75) is 36.6 Å². The van der Waals surface area contributed by atoms with Gasteiger partial charge < -0.3 is 25.2 Å². The number of rotatable bonds is 9. The quantitative estimate of drug-likeness (QED) is 0.285. The average molecular weight is 623 g/mol. The molecule has 0 aliphatic carbocycles. The lowest BCUT2D eigenvalue weighted by molar-refractivity contribution is -0.187. The Kier molecular flexibility index (Phi) is 10.0. The summed E-state index contributed by atoms with van der Waals surface area (Å²) in [6, 6.07) is 13.0. The Bertz CT molecular complexity index is 1430. The molecule has 224 valence electrons. The predicted molar refractivity (Wildman–Crippen MR) is 157 cm³/mol. The number of para-hydroxylation sites is 1. The highest BCUT2D eigenvalue weighted by Gasteiger charge is 2.43. The van der Waals surface area contributed by atoms with E-state index >= 15 is 0 Å². The summed E-state index contributed by atoms with van der Waals surface area (Å²) < 4.78 is 43.6. The van der Waals surface area contributed by atoms with Gasteiger partial charge >= 0.3 is 12.1 Å². The zero-order chi connectivity index (χ0) is 30.4. The zero-order valence-electron chi connectivity index (χ0n) is 23.2. The smallest absolute Gasteiger partial charge is 0.471 e. The van der Waals surface area contributed by atoms with Gasteiger partial charge in [0, 0.05) is 36.3 Å². The molecule has 1 fully saturated rings. The summed E-state index contributed by atoms with van der Waals surface area (Å²) in [4.78, 5) is 36.4. The molecule has 2 amide bonds. The molecule has 0 bridgehead atoms. The van der Waals surface area contributed by atoms with E-state index in [9.17, 15) is 22.8 Å². The van der Waals surface area contributed by atoms with Crippen molar-refractivity contribution >= 4 is 58.3 Å². The predicted octanol–water partition coefficient (Wildman–Crippen LogP) is 5.90. The van der Waals surface area contributed by atoms with E-state index in [0.717, 1.165) is 15.5 Å². The van der Waals surface area contributed by atoms with Crippen LogP contribution < -0.4 is 15.4 Å². The van der Waals surface area contributed by atoms with Gasteiger partial charge in [-0.3, -0.25) is 9.59 Å². The highest BCUT2D eigenvalue weighted by molar-refractivity contribution is 8.00. The second kappa shape index (κ2) is 13.5. The number of aromatic nitrogens is 2. The fraction of sp³-hybridized carbons (Fsp3) is 0.357. The van der Waals surface area contributed by atoms with Gasteiger partial charge in [-0.2, -0.15) is 18.2 Å². The summed E-state index contributed by atoms with van der Waals surface area (Å²) in [5.41, 5.74) is 2.00. The van der Waals surface area contributed by atoms with Crippen LogP contribution in [0.3, 0.4) is 0 Å². The maximum Gasteiger partial charge on any atom is 0.471 e. The minimum Gasteiger partial charge on any atom is -0.495 e. The second-order valence-corrected chi connectivity index (χ2v) is 11.7. The third-order valence-electron chi connectivity index (χ3n) is 6.27. The Morgan fingerprint density at radius 2 is 1.74 bits per heavy atom. The van der Waals surface area contributed by atoms with Crippen molar-refractivity contribution in [1.29, 1.82) is 0 Å². The Morgan fingerprint density at radius 1 is 1.05 bits per heavy atom. The number of benzene rings is 2. The van der Waals surface area contributed by atoms with Crippen molar-refractivity contribution in [3.8, 4) is 5.75 Å². The van der Waals surface area contributed by atoms with Crippen molar-refractivity contribution in [1.82, 2.24) is 19.8 Å². The number of alkyl halides is 3. The molecule has 1 aliphatic heterocycles. The van der Waals surface area contributed by atoms with E-state index in [1.807, 2.05) is 24.3 Å². The van der Waals surface area contributed by atoms with Crippen LogP contribution in [0.5, 0.6) is 5.75 Å². The van der Waals surface area contributed by atoms with Crippen LogP contribution in [0.25, 0.3) is 0 Å². The van der Waals surface area contributed by atoms with Crippen LogP contribution in [0.2, 0.25) is 5.02 Å². The Labute approximate surface area is 250 Å². The summed E-state index contributed by atoms with van der Waals surface area (Å²) in [7, 11) is 1.51. The summed E-state index contributed by atoms with van der Waals surface area (Å²) in [6.07, 6.45) is -3.45. The van der Waals surface area contributed by atoms with Gasteiger partial charge in [-0.25, -0.2) is 4.98 Å². The van der Waals surface area contributed by atoms with Crippen LogP contribution in [-0.4, -0.2) is 76.3 Å². The Hall–Kier alpha value is -3.71. The highest BCUT2D eigenvalue weighted by atomic mass is 35.5. The molecule has 1 aliphatic rings. The molecule has 42 heavy (non-hydrogen) atoms. The number of amides is 2. The van der Waals surface area contributed by atoms with Gasteiger partial charge in [0.2, 0.25) is 11.9 Å². The molecule has 9 nitrogen and oxygen atoms in total. The van der Waals surface area contributed by atoms with Crippen molar-refractivity contribution < 1.29 is 27.5 Å². The molecule has 2 aromatic carbocycles. The fourth-order valence-electron chi connectivity index (χ4n) is 4.28. The first kappa shape index (κ1) is 31.2. The van der Waals surface area contributed by atoms with E-state index < -0.39 is 12.1 Å². The van der Waals surface area contributed by atoms with Gasteiger partial charge in [0.15, 0.2) is 5.82 Å².